The molecule has 3 heterocycles. The van der Waals surface area contributed by atoms with Gasteiger partial charge >= 0.3 is 0 Å². The van der Waals surface area contributed by atoms with Gasteiger partial charge in [-0.05, 0) is 43.2 Å². The van der Waals surface area contributed by atoms with Crippen LogP contribution in [0.4, 0.5) is 0 Å². The van der Waals surface area contributed by atoms with Gasteiger partial charge in [-0.25, -0.2) is 10.9 Å². The molecule has 134 valence electrons. The van der Waals surface area contributed by atoms with Gasteiger partial charge in [0.1, 0.15) is 6.04 Å². The lowest BCUT2D eigenvalue weighted by Crippen LogP contribution is -2.43. The van der Waals surface area contributed by atoms with E-state index in [-0.39, 0.29) is 18.0 Å². The van der Waals surface area contributed by atoms with Gasteiger partial charge in [0.2, 0.25) is 5.91 Å². The lowest BCUT2D eigenvalue weighted by molar-refractivity contribution is -0.132. The molecule has 26 heavy (non-hydrogen) atoms. The molecule has 1 aromatic carbocycles. The van der Waals surface area contributed by atoms with E-state index in [1.165, 1.54) is 9.75 Å². The Morgan fingerprint density at radius 3 is 2.88 bits per heavy atom. The Morgan fingerprint density at radius 1 is 1.23 bits per heavy atom. The number of hydrazine groups is 1. The Labute approximate surface area is 157 Å². The smallest absolute Gasteiger partial charge is 0.241 e. The number of aryl methyl sites for hydroxylation is 1. The van der Waals surface area contributed by atoms with Gasteiger partial charge in [-0.2, -0.15) is 0 Å². The zero-order valence-corrected chi connectivity index (χ0v) is 15.7. The third kappa shape index (κ3) is 3.35. The lowest BCUT2D eigenvalue weighted by Gasteiger charge is -2.21. The first-order chi connectivity index (χ1) is 12.6. The fourth-order valence-corrected chi connectivity index (χ4v) is 4.38. The number of hydrogen-bond donors (Lipinski definition) is 2. The highest BCUT2D eigenvalue weighted by molar-refractivity contribution is 7.12. The number of thiophene rings is 1. The van der Waals surface area contributed by atoms with Crippen LogP contribution in [0.25, 0.3) is 10.9 Å². The molecule has 3 aromatic rings. The monoisotopic (exact) mass is 366 g/mol. The van der Waals surface area contributed by atoms with Gasteiger partial charge in [-0.15, -0.1) is 11.3 Å². The standard InChI is InChI=1S/C20H22N4OS/c1-13-7-8-19(26-13)17-11-18(23-22-17)20(25)24(2)12-14-9-10-21-16-6-4-3-5-15(14)16/h3-10,17-18,22-23H,11-12H2,1-2H3. The maximum Gasteiger partial charge on any atom is 0.241 e. The first-order valence-electron chi connectivity index (χ1n) is 8.77. The van der Waals surface area contributed by atoms with Crippen molar-refractivity contribution < 1.29 is 4.79 Å². The first-order valence-corrected chi connectivity index (χ1v) is 9.58. The minimum Gasteiger partial charge on any atom is -0.340 e. The van der Waals surface area contributed by atoms with Crippen molar-refractivity contribution in [3.05, 3.63) is 64.0 Å². The number of aromatic nitrogens is 1. The Bertz CT molecular complexity index is 933. The number of pyridine rings is 1. The van der Waals surface area contributed by atoms with Gasteiger partial charge in [0.05, 0.1) is 11.6 Å². The molecule has 0 saturated carbocycles. The first kappa shape index (κ1) is 17.1. The van der Waals surface area contributed by atoms with Crippen LogP contribution in [0.5, 0.6) is 0 Å². The number of amides is 1. The fraction of sp³-hybridized carbons (Fsp3) is 0.300. The summed E-state index contributed by atoms with van der Waals surface area (Å²) in [5.41, 5.74) is 8.51. The quantitative estimate of drug-likeness (QED) is 0.745. The third-order valence-corrected chi connectivity index (χ3v) is 5.94. The number of para-hydroxylation sites is 1. The second-order valence-corrected chi connectivity index (χ2v) is 8.08. The van der Waals surface area contributed by atoms with Crippen LogP contribution in [0.15, 0.2) is 48.7 Å². The van der Waals surface area contributed by atoms with Crippen molar-refractivity contribution in [2.45, 2.75) is 32.0 Å². The average molecular weight is 366 g/mol. The maximum atomic E-state index is 12.9. The highest BCUT2D eigenvalue weighted by Gasteiger charge is 2.32. The molecule has 1 aliphatic heterocycles. The predicted molar refractivity (Wildman–Crippen MR) is 105 cm³/mol. The zero-order chi connectivity index (χ0) is 18.1. The molecule has 2 N–H and O–H groups in total. The van der Waals surface area contributed by atoms with Crippen LogP contribution in [-0.2, 0) is 11.3 Å². The van der Waals surface area contributed by atoms with E-state index in [4.69, 9.17) is 0 Å². The lowest BCUT2D eigenvalue weighted by atomic mass is 10.1. The highest BCUT2D eigenvalue weighted by Crippen LogP contribution is 2.29. The van der Waals surface area contributed by atoms with Crippen LogP contribution in [0, 0.1) is 6.92 Å². The Kier molecular flexibility index (Phi) is 4.72. The van der Waals surface area contributed by atoms with Crippen LogP contribution >= 0.6 is 11.3 Å². The molecule has 4 rings (SSSR count). The van der Waals surface area contributed by atoms with E-state index in [0.717, 1.165) is 22.9 Å². The number of nitrogens with one attached hydrogen (secondary N) is 2. The molecule has 0 radical (unpaired) electrons. The third-order valence-electron chi connectivity index (χ3n) is 4.83. The summed E-state index contributed by atoms with van der Waals surface area (Å²) in [4.78, 5) is 21.6. The van der Waals surface area contributed by atoms with Gasteiger partial charge in [-0.3, -0.25) is 9.78 Å². The molecular formula is C20H22N4OS. The van der Waals surface area contributed by atoms with Crippen molar-refractivity contribution >= 4 is 28.1 Å². The largest absolute Gasteiger partial charge is 0.340 e. The number of rotatable bonds is 4. The highest BCUT2D eigenvalue weighted by atomic mass is 32.1. The van der Waals surface area contributed by atoms with E-state index in [1.807, 2.05) is 31.3 Å². The summed E-state index contributed by atoms with van der Waals surface area (Å²) in [7, 11) is 1.86. The minimum absolute atomic E-state index is 0.106. The number of likely N-dealkylation sites (N-methyl/N-ethyl adjacent to an activating group) is 1. The second kappa shape index (κ2) is 7.15. The number of fused-ring (bicyclic) bond motifs is 1. The van der Waals surface area contributed by atoms with E-state index < -0.39 is 0 Å². The number of hydrogen-bond acceptors (Lipinski definition) is 5. The van der Waals surface area contributed by atoms with Crippen LogP contribution in [0.3, 0.4) is 0 Å². The summed E-state index contributed by atoms with van der Waals surface area (Å²) in [5, 5.41) is 1.10. The molecule has 2 aromatic heterocycles. The maximum absolute atomic E-state index is 12.9. The van der Waals surface area contributed by atoms with Crippen molar-refractivity contribution in [2.75, 3.05) is 7.05 Å². The van der Waals surface area contributed by atoms with Gasteiger partial charge in [-0.1, -0.05) is 18.2 Å². The summed E-state index contributed by atoms with van der Waals surface area (Å²) in [6.07, 6.45) is 2.57. The molecule has 0 bridgehead atoms. The van der Waals surface area contributed by atoms with E-state index >= 15 is 0 Å². The van der Waals surface area contributed by atoms with Crippen LogP contribution < -0.4 is 10.9 Å². The molecule has 2 unspecified atom stereocenters. The minimum atomic E-state index is -0.208. The average Bonchev–Trinajstić information content (AvgIpc) is 3.30. The van der Waals surface area contributed by atoms with E-state index in [0.29, 0.717) is 6.54 Å². The molecule has 5 nitrogen and oxygen atoms in total. The van der Waals surface area contributed by atoms with Crippen molar-refractivity contribution in [3.8, 4) is 0 Å². The Morgan fingerprint density at radius 2 is 2.08 bits per heavy atom. The number of benzene rings is 1. The van der Waals surface area contributed by atoms with Gasteiger partial charge in [0, 0.05) is 34.9 Å². The number of carbonyl (C=O) groups is 1. The summed E-state index contributed by atoms with van der Waals surface area (Å²) >= 11 is 1.78. The summed E-state index contributed by atoms with van der Waals surface area (Å²) in [5.74, 6) is 0.106. The van der Waals surface area contributed by atoms with Crippen molar-refractivity contribution in [1.82, 2.24) is 20.7 Å². The van der Waals surface area contributed by atoms with Crippen LogP contribution in [-0.4, -0.2) is 28.9 Å². The van der Waals surface area contributed by atoms with Crippen molar-refractivity contribution in [2.24, 2.45) is 0 Å². The van der Waals surface area contributed by atoms with Gasteiger partial charge in [0.25, 0.3) is 0 Å². The fourth-order valence-electron chi connectivity index (χ4n) is 3.44. The molecule has 1 amide bonds. The Balaban J connectivity index is 1.45. The Hall–Kier alpha value is -2.28. The summed E-state index contributed by atoms with van der Waals surface area (Å²) in [6, 6.07) is 14.3. The van der Waals surface area contributed by atoms with Gasteiger partial charge < -0.3 is 4.90 Å². The SMILES string of the molecule is Cc1ccc(C2CC(C(=O)N(C)Cc3ccnc4ccccc34)NN2)s1. The molecule has 1 saturated heterocycles. The van der Waals surface area contributed by atoms with Crippen molar-refractivity contribution in [3.63, 3.8) is 0 Å². The molecule has 0 aliphatic carbocycles. The topological polar surface area (TPSA) is 57.3 Å². The van der Waals surface area contributed by atoms with Crippen LogP contribution in [0.2, 0.25) is 0 Å². The normalized spacial score (nSPS) is 19.8. The zero-order valence-electron chi connectivity index (χ0n) is 14.9. The molecule has 2 atom stereocenters. The predicted octanol–water partition coefficient (Wildman–Crippen LogP) is 3.17. The van der Waals surface area contributed by atoms with E-state index in [2.05, 4.69) is 41.0 Å². The number of nitrogens with zero attached hydrogens (tertiary/aromatic N) is 2. The molecular weight excluding hydrogens is 344 g/mol. The van der Waals surface area contributed by atoms with E-state index in [1.54, 1.807) is 22.4 Å². The van der Waals surface area contributed by atoms with Crippen molar-refractivity contribution in [1.29, 1.82) is 0 Å². The molecule has 0 spiro atoms. The second-order valence-electron chi connectivity index (χ2n) is 6.76. The molecule has 1 fully saturated rings. The van der Waals surface area contributed by atoms with E-state index in [9.17, 15) is 4.79 Å². The molecule has 1 aliphatic rings. The van der Waals surface area contributed by atoms with Crippen LogP contribution in [0.1, 0.15) is 27.8 Å². The summed E-state index contributed by atoms with van der Waals surface area (Å²) in [6.45, 7) is 2.68. The van der Waals surface area contributed by atoms with Gasteiger partial charge in [0.15, 0.2) is 0 Å². The summed E-state index contributed by atoms with van der Waals surface area (Å²) < 4.78 is 0. The molecule has 6 heteroatoms. The number of carbonyl (C=O) groups excluding carboxylic acids is 1.